The number of ether oxygens (including phenoxy) is 2. The van der Waals surface area contributed by atoms with E-state index in [0.717, 1.165) is 51.7 Å². The molecule has 0 aromatic carbocycles. The van der Waals surface area contributed by atoms with E-state index in [4.69, 9.17) is 9.47 Å². The fourth-order valence-corrected chi connectivity index (χ4v) is 3.17. The maximum absolute atomic E-state index is 10.1. The van der Waals surface area contributed by atoms with Crippen LogP contribution < -0.4 is 10.2 Å². The monoisotopic (exact) mass is 462 g/mol. The van der Waals surface area contributed by atoms with Gasteiger partial charge in [0.05, 0.1) is 25.4 Å². The molecule has 29 heavy (non-hydrogen) atoms. The van der Waals surface area contributed by atoms with E-state index in [1.807, 2.05) is 0 Å². The third-order valence-corrected chi connectivity index (χ3v) is 5.12. The summed E-state index contributed by atoms with van der Waals surface area (Å²) in [6.07, 6.45) is 17.3. The molecular formula is C22H38O6Zn. The van der Waals surface area contributed by atoms with E-state index in [0.29, 0.717) is 12.2 Å². The summed E-state index contributed by atoms with van der Waals surface area (Å²) in [5.74, 6) is -1.84. The normalized spacial score (nSPS) is 18.9. The summed E-state index contributed by atoms with van der Waals surface area (Å²) in [5.41, 5.74) is 0. The Morgan fingerprint density at radius 2 is 0.862 bits per heavy atom. The first-order chi connectivity index (χ1) is 13.6. The van der Waals surface area contributed by atoms with Crippen molar-refractivity contribution in [1.29, 1.82) is 0 Å². The van der Waals surface area contributed by atoms with Crippen LogP contribution >= 0.6 is 0 Å². The molecule has 2 unspecified atom stereocenters. The molecule has 2 rings (SSSR count). The summed E-state index contributed by atoms with van der Waals surface area (Å²) in [7, 11) is 0. The standard InChI is InChI=1S/2C11H20O3.Zn/c2*12-11(13)8-6-4-2-1-3-5-7-10-9-14-10;/h2*10H,1-9H2,(H,12,13);/q;;+2/p-2. The number of rotatable bonds is 18. The van der Waals surface area contributed by atoms with Gasteiger partial charge in [0.25, 0.3) is 0 Å². The minimum absolute atomic E-state index is 0. The molecule has 2 saturated heterocycles. The molecule has 0 saturated carbocycles. The molecule has 0 radical (unpaired) electrons. The fraction of sp³-hybridized carbons (Fsp3) is 0.909. The quantitative estimate of drug-likeness (QED) is 0.176. The van der Waals surface area contributed by atoms with Crippen LogP contribution in [-0.2, 0) is 38.5 Å². The second kappa shape index (κ2) is 19.4. The smallest absolute Gasteiger partial charge is 0.550 e. The predicted molar refractivity (Wildman–Crippen MR) is 103 cm³/mol. The number of hydrogen-bond donors (Lipinski definition) is 0. The molecule has 0 N–H and O–H groups in total. The molecule has 164 valence electrons. The van der Waals surface area contributed by atoms with Gasteiger partial charge in [-0.25, -0.2) is 0 Å². The van der Waals surface area contributed by atoms with Gasteiger partial charge in [-0.05, 0) is 38.5 Å². The Morgan fingerprint density at radius 3 is 1.14 bits per heavy atom. The van der Waals surface area contributed by atoms with E-state index in [1.54, 1.807) is 0 Å². The van der Waals surface area contributed by atoms with Gasteiger partial charge in [-0.3, -0.25) is 0 Å². The molecule has 2 atom stereocenters. The van der Waals surface area contributed by atoms with Gasteiger partial charge in [-0.1, -0.05) is 64.2 Å². The van der Waals surface area contributed by atoms with E-state index >= 15 is 0 Å². The van der Waals surface area contributed by atoms with Crippen LogP contribution in [-0.4, -0.2) is 37.4 Å². The Balaban J connectivity index is 0.000000523. The van der Waals surface area contributed by atoms with Crippen LogP contribution in [0.3, 0.4) is 0 Å². The molecule has 2 aliphatic rings. The number of carbonyl (C=O) groups excluding carboxylic acids is 2. The van der Waals surface area contributed by atoms with Crippen LogP contribution in [0, 0.1) is 0 Å². The van der Waals surface area contributed by atoms with Gasteiger partial charge in [-0.15, -0.1) is 0 Å². The predicted octanol–water partition coefficient (Wildman–Crippen LogP) is 2.51. The van der Waals surface area contributed by atoms with Crippen molar-refractivity contribution in [3.8, 4) is 0 Å². The van der Waals surface area contributed by atoms with Crippen LogP contribution in [0.2, 0.25) is 0 Å². The summed E-state index contributed by atoms with van der Waals surface area (Å²) in [5, 5.41) is 20.2. The van der Waals surface area contributed by atoms with Crippen molar-refractivity contribution < 1.29 is 48.8 Å². The fourth-order valence-electron chi connectivity index (χ4n) is 3.17. The Morgan fingerprint density at radius 1 is 0.586 bits per heavy atom. The number of carbonyl (C=O) groups is 2. The summed E-state index contributed by atoms with van der Waals surface area (Å²) in [4.78, 5) is 20.2. The van der Waals surface area contributed by atoms with E-state index in [2.05, 4.69) is 0 Å². The number of carboxylic acid groups (broad SMARTS) is 2. The molecule has 2 heterocycles. The zero-order chi connectivity index (χ0) is 20.5. The van der Waals surface area contributed by atoms with Crippen molar-refractivity contribution in [2.75, 3.05) is 13.2 Å². The SMILES string of the molecule is O=C([O-])CCCCCCCCC1CO1.O=C([O-])CCCCCCCCC1CO1.[Zn+2]. The minimum Gasteiger partial charge on any atom is -0.550 e. The molecular weight excluding hydrogens is 426 g/mol. The molecule has 0 amide bonds. The first-order valence-corrected chi connectivity index (χ1v) is 11.2. The van der Waals surface area contributed by atoms with E-state index in [1.165, 1.54) is 51.4 Å². The second-order valence-electron chi connectivity index (χ2n) is 7.97. The van der Waals surface area contributed by atoms with Gasteiger partial charge >= 0.3 is 19.5 Å². The third kappa shape index (κ3) is 23.6. The second-order valence-corrected chi connectivity index (χ2v) is 7.97. The summed E-state index contributed by atoms with van der Waals surface area (Å²) >= 11 is 0. The first-order valence-electron chi connectivity index (χ1n) is 11.2. The number of epoxide rings is 2. The number of aliphatic carboxylic acids is 2. The van der Waals surface area contributed by atoms with Gasteiger partial charge < -0.3 is 29.3 Å². The molecule has 7 heteroatoms. The van der Waals surface area contributed by atoms with Crippen LogP contribution in [0.1, 0.15) is 103 Å². The van der Waals surface area contributed by atoms with Crippen molar-refractivity contribution in [2.24, 2.45) is 0 Å². The molecule has 0 aliphatic carbocycles. The summed E-state index contributed by atoms with van der Waals surface area (Å²) in [6, 6.07) is 0. The summed E-state index contributed by atoms with van der Waals surface area (Å²) in [6.45, 7) is 1.93. The van der Waals surface area contributed by atoms with Gasteiger partial charge in [0, 0.05) is 11.9 Å². The largest absolute Gasteiger partial charge is 2.00 e. The van der Waals surface area contributed by atoms with Crippen molar-refractivity contribution in [3.63, 3.8) is 0 Å². The van der Waals surface area contributed by atoms with Gasteiger partial charge in [0.2, 0.25) is 0 Å². The van der Waals surface area contributed by atoms with Crippen molar-refractivity contribution in [2.45, 2.75) is 115 Å². The number of carboxylic acids is 2. The Labute approximate surface area is 188 Å². The van der Waals surface area contributed by atoms with E-state index in [9.17, 15) is 19.8 Å². The summed E-state index contributed by atoms with van der Waals surface area (Å²) < 4.78 is 10.2. The Hall–Kier alpha value is -0.517. The van der Waals surface area contributed by atoms with Gasteiger partial charge in [-0.2, -0.15) is 0 Å². The molecule has 0 bridgehead atoms. The van der Waals surface area contributed by atoms with E-state index < -0.39 is 11.9 Å². The van der Waals surface area contributed by atoms with Crippen LogP contribution in [0.5, 0.6) is 0 Å². The first kappa shape index (κ1) is 28.5. The maximum atomic E-state index is 10.1. The Bertz CT molecular complexity index is 372. The van der Waals surface area contributed by atoms with Crippen molar-refractivity contribution in [1.82, 2.24) is 0 Å². The average molecular weight is 464 g/mol. The topological polar surface area (TPSA) is 105 Å². The molecule has 2 aliphatic heterocycles. The number of hydrogen-bond acceptors (Lipinski definition) is 6. The third-order valence-electron chi connectivity index (χ3n) is 5.12. The average Bonchev–Trinajstić information content (AvgIpc) is 3.54. The molecule has 2 fully saturated rings. The molecule has 0 aromatic heterocycles. The van der Waals surface area contributed by atoms with Crippen LogP contribution in [0.25, 0.3) is 0 Å². The van der Waals surface area contributed by atoms with Crippen molar-refractivity contribution in [3.05, 3.63) is 0 Å². The minimum atomic E-state index is -0.920. The van der Waals surface area contributed by atoms with Crippen LogP contribution in [0.15, 0.2) is 0 Å². The molecule has 6 nitrogen and oxygen atoms in total. The number of unbranched alkanes of at least 4 members (excludes halogenated alkanes) is 10. The zero-order valence-electron chi connectivity index (χ0n) is 18.0. The van der Waals surface area contributed by atoms with Gasteiger partial charge in [0.15, 0.2) is 0 Å². The van der Waals surface area contributed by atoms with Gasteiger partial charge in [0.1, 0.15) is 0 Å². The molecule has 0 aromatic rings. The van der Waals surface area contributed by atoms with E-state index in [-0.39, 0.29) is 32.3 Å². The zero-order valence-corrected chi connectivity index (χ0v) is 21.0. The molecule has 0 spiro atoms. The van der Waals surface area contributed by atoms with Crippen molar-refractivity contribution >= 4 is 11.9 Å². The maximum Gasteiger partial charge on any atom is 2.00 e. The Kier molecular flexibility index (Phi) is 19.1. The van der Waals surface area contributed by atoms with Crippen LogP contribution in [0.4, 0.5) is 0 Å².